The number of aromatic nitrogens is 3. The summed E-state index contributed by atoms with van der Waals surface area (Å²) in [6.45, 7) is 15.3. The van der Waals surface area contributed by atoms with E-state index in [-0.39, 0.29) is 6.04 Å². The summed E-state index contributed by atoms with van der Waals surface area (Å²) < 4.78 is 16.4. The number of nitrogens with two attached hydrogens (primary N) is 1. The largest absolute Gasteiger partial charge is 0.382 e. The van der Waals surface area contributed by atoms with Crippen molar-refractivity contribution in [3.8, 4) is 0 Å². The van der Waals surface area contributed by atoms with Gasteiger partial charge in [0.05, 0.1) is 23.8 Å². The highest BCUT2D eigenvalue weighted by molar-refractivity contribution is 5.81. The van der Waals surface area contributed by atoms with E-state index < -0.39 is 0 Å². The van der Waals surface area contributed by atoms with E-state index in [1.807, 2.05) is 19.2 Å². The van der Waals surface area contributed by atoms with Crippen LogP contribution in [0.15, 0.2) is 42.8 Å². The Labute approximate surface area is 178 Å². The van der Waals surface area contributed by atoms with Crippen molar-refractivity contribution < 1.29 is 4.48 Å². The number of fused-ring (bicyclic) bond motifs is 1. The minimum absolute atomic E-state index is 0.0424. The minimum atomic E-state index is 0.0424. The Hall–Kier alpha value is -2.83. The summed E-state index contributed by atoms with van der Waals surface area (Å²) in [7, 11) is 0. The van der Waals surface area contributed by atoms with E-state index in [1.54, 1.807) is 4.52 Å². The summed E-state index contributed by atoms with van der Waals surface area (Å²) in [5, 5.41) is 5.14. The van der Waals surface area contributed by atoms with Gasteiger partial charge in [-0.25, -0.2) is 14.6 Å². The molecule has 1 aliphatic heterocycles. The molecule has 1 saturated heterocycles. The number of rotatable bonds is 9. The molecule has 0 aromatic carbocycles. The van der Waals surface area contributed by atoms with Gasteiger partial charge in [0.1, 0.15) is 5.82 Å². The number of anilines is 2. The highest BCUT2D eigenvalue weighted by Crippen LogP contribution is 2.34. The van der Waals surface area contributed by atoms with Crippen LogP contribution in [-0.2, 0) is 0 Å². The maximum absolute atomic E-state index is 14.7. The molecule has 0 bridgehead atoms. The molecule has 2 N–H and O–H groups in total. The Morgan fingerprint density at radius 1 is 1.40 bits per heavy atom. The van der Waals surface area contributed by atoms with Gasteiger partial charge < -0.3 is 10.6 Å². The van der Waals surface area contributed by atoms with Crippen molar-refractivity contribution in [2.45, 2.75) is 58.9 Å². The van der Waals surface area contributed by atoms with Gasteiger partial charge in [0.2, 0.25) is 0 Å². The fraction of sp³-hybridized carbons (Fsp3) is 0.478. The Bertz CT molecular complexity index is 960. The number of unbranched alkanes of at least 4 members (excludes halogenated alkanes) is 1. The Morgan fingerprint density at radius 2 is 2.17 bits per heavy atom. The molecular formula is C23H33FN6. The Kier molecular flexibility index (Phi) is 6.80. The first-order chi connectivity index (χ1) is 14.4. The van der Waals surface area contributed by atoms with Crippen LogP contribution < -0.4 is 10.6 Å². The first-order valence-electron chi connectivity index (χ1n) is 10.8. The van der Waals surface area contributed by atoms with Crippen LogP contribution in [0.4, 0.5) is 16.1 Å². The standard InChI is InChI=1S/C23H33FN6/c1-6-8-14-29(24)17(5)18(10-7-2)19-11-9-13-28(19)20-12-15-30-23(26-20)21(16(3)4)22(25)27-30/h10,12,15,19H,3,5-9,11,13-14H2,1-2,4H3,(H2,25,27)/b18-10+. The zero-order chi connectivity index (χ0) is 21.8. The van der Waals surface area contributed by atoms with E-state index in [0.29, 0.717) is 23.7 Å². The van der Waals surface area contributed by atoms with Crippen LogP contribution >= 0.6 is 0 Å². The zero-order valence-corrected chi connectivity index (χ0v) is 18.4. The van der Waals surface area contributed by atoms with Crippen molar-refractivity contribution in [1.29, 1.82) is 0 Å². The summed E-state index contributed by atoms with van der Waals surface area (Å²) >= 11 is 0. The first kappa shape index (κ1) is 21.9. The molecule has 2 aromatic rings. The van der Waals surface area contributed by atoms with E-state index in [1.165, 1.54) is 0 Å². The van der Waals surface area contributed by atoms with Gasteiger partial charge in [-0.15, -0.1) is 5.10 Å². The van der Waals surface area contributed by atoms with Crippen molar-refractivity contribution in [2.24, 2.45) is 0 Å². The van der Waals surface area contributed by atoms with Crippen LogP contribution in [0, 0.1) is 0 Å². The van der Waals surface area contributed by atoms with Gasteiger partial charge in [-0.05, 0) is 49.8 Å². The molecule has 0 aliphatic carbocycles. The van der Waals surface area contributed by atoms with Crippen molar-refractivity contribution >= 4 is 22.9 Å². The van der Waals surface area contributed by atoms with Gasteiger partial charge >= 0.3 is 0 Å². The molecule has 0 radical (unpaired) electrons. The lowest BCUT2D eigenvalue weighted by atomic mass is 10.00. The predicted molar refractivity (Wildman–Crippen MR) is 123 cm³/mol. The summed E-state index contributed by atoms with van der Waals surface area (Å²) in [4.78, 5) is 7.11. The van der Waals surface area contributed by atoms with Crippen LogP contribution in [0.5, 0.6) is 0 Å². The normalized spacial score (nSPS) is 17.0. The Balaban J connectivity index is 1.95. The second kappa shape index (κ2) is 9.32. The molecule has 162 valence electrons. The van der Waals surface area contributed by atoms with Gasteiger partial charge in [-0.1, -0.05) is 44.0 Å². The van der Waals surface area contributed by atoms with Crippen molar-refractivity contribution in [3.05, 3.63) is 48.3 Å². The van der Waals surface area contributed by atoms with Crippen molar-refractivity contribution in [2.75, 3.05) is 23.7 Å². The van der Waals surface area contributed by atoms with Crippen LogP contribution in [0.3, 0.4) is 0 Å². The summed E-state index contributed by atoms with van der Waals surface area (Å²) in [6, 6.07) is 1.98. The monoisotopic (exact) mass is 412 g/mol. The van der Waals surface area contributed by atoms with E-state index in [0.717, 1.165) is 66.3 Å². The van der Waals surface area contributed by atoms with Gasteiger partial charge in [-0.3, -0.25) is 0 Å². The predicted octanol–water partition coefficient (Wildman–Crippen LogP) is 5.15. The number of nitrogen functional groups attached to an aromatic ring is 1. The third-order valence-electron chi connectivity index (χ3n) is 5.59. The molecule has 0 saturated carbocycles. The van der Waals surface area contributed by atoms with E-state index >= 15 is 0 Å². The molecule has 1 atom stereocenters. The number of hydrogen-bond acceptors (Lipinski definition) is 5. The molecule has 30 heavy (non-hydrogen) atoms. The number of halogens is 1. The van der Waals surface area contributed by atoms with E-state index in [2.05, 4.69) is 43.1 Å². The number of nitrogens with zero attached hydrogens (tertiary/aromatic N) is 5. The fourth-order valence-corrected chi connectivity index (χ4v) is 4.11. The van der Waals surface area contributed by atoms with Gasteiger partial charge in [0, 0.05) is 12.7 Å². The third-order valence-corrected chi connectivity index (χ3v) is 5.59. The van der Waals surface area contributed by atoms with Crippen LogP contribution in [0.25, 0.3) is 11.2 Å². The molecule has 2 aromatic heterocycles. The molecule has 1 fully saturated rings. The third kappa shape index (κ3) is 4.20. The molecule has 0 amide bonds. The molecule has 0 spiro atoms. The lowest BCUT2D eigenvalue weighted by Crippen LogP contribution is -2.34. The van der Waals surface area contributed by atoms with Crippen LogP contribution in [0.1, 0.15) is 58.4 Å². The number of hydrogen-bond donors (Lipinski definition) is 1. The van der Waals surface area contributed by atoms with E-state index in [4.69, 9.17) is 10.7 Å². The van der Waals surface area contributed by atoms with Gasteiger partial charge in [0.25, 0.3) is 0 Å². The summed E-state index contributed by atoms with van der Waals surface area (Å²) in [6.07, 6.45) is 8.49. The second-order valence-electron chi connectivity index (χ2n) is 7.90. The Morgan fingerprint density at radius 3 is 2.83 bits per heavy atom. The maximum atomic E-state index is 14.7. The topological polar surface area (TPSA) is 62.7 Å². The number of allylic oxidation sites excluding steroid dienone is 2. The highest BCUT2D eigenvalue weighted by atomic mass is 19.2. The van der Waals surface area contributed by atoms with Crippen LogP contribution in [0.2, 0.25) is 0 Å². The summed E-state index contributed by atoms with van der Waals surface area (Å²) in [5.41, 5.74) is 9.77. The maximum Gasteiger partial charge on any atom is 0.167 e. The van der Waals surface area contributed by atoms with Gasteiger partial charge in [0.15, 0.2) is 11.5 Å². The fourth-order valence-electron chi connectivity index (χ4n) is 4.11. The van der Waals surface area contributed by atoms with Gasteiger partial charge in [-0.2, -0.15) is 0 Å². The molecule has 3 heterocycles. The second-order valence-corrected chi connectivity index (χ2v) is 7.90. The average Bonchev–Trinajstić information content (AvgIpc) is 3.32. The van der Waals surface area contributed by atoms with E-state index in [9.17, 15) is 4.48 Å². The SMILES string of the molecule is C=C(C)c1c(N)nn2ccc(N3CCCC3/C(=C/CC)C(=C)N(F)CCCC)nc12. The lowest BCUT2D eigenvalue weighted by Gasteiger charge is -2.30. The average molecular weight is 413 g/mol. The zero-order valence-electron chi connectivity index (χ0n) is 18.4. The molecule has 1 aliphatic rings. The molecule has 1 unspecified atom stereocenters. The molecular weight excluding hydrogens is 379 g/mol. The molecule has 7 heteroatoms. The molecule has 3 rings (SSSR count). The summed E-state index contributed by atoms with van der Waals surface area (Å²) in [5.74, 6) is 1.26. The van der Waals surface area contributed by atoms with Crippen molar-refractivity contribution in [1.82, 2.24) is 19.7 Å². The highest BCUT2D eigenvalue weighted by Gasteiger charge is 2.31. The lowest BCUT2D eigenvalue weighted by molar-refractivity contribution is 0.0718. The van der Waals surface area contributed by atoms with Crippen molar-refractivity contribution in [3.63, 3.8) is 0 Å². The van der Waals surface area contributed by atoms with Crippen LogP contribution in [-0.4, -0.2) is 38.9 Å². The molecule has 6 nitrogen and oxygen atoms in total. The first-order valence-corrected chi connectivity index (χ1v) is 10.8. The quantitative estimate of drug-likeness (QED) is 0.456. The minimum Gasteiger partial charge on any atom is -0.382 e. The smallest absolute Gasteiger partial charge is 0.167 e.